The van der Waals surface area contributed by atoms with Crippen molar-refractivity contribution in [3.8, 4) is 0 Å². The van der Waals surface area contributed by atoms with E-state index in [4.69, 9.17) is 9.47 Å². The second-order valence-electron chi connectivity index (χ2n) is 5.95. The van der Waals surface area contributed by atoms with E-state index in [1.165, 1.54) is 7.11 Å². The van der Waals surface area contributed by atoms with Crippen LogP contribution < -0.4 is 5.69 Å². The van der Waals surface area contributed by atoms with Crippen molar-refractivity contribution in [2.75, 3.05) is 20.8 Å². The standard InChI is InChI=1S/C18H21N3O4S/c1-11-16(26-12(2)19-11)10-21-15-9-13(17(22)25-4)5-6-14(15)20(18(21)23)7-8-24-3/h5-6,9H,7-8,10H2,1-4H3. The minimum Gasteiger partial charge on any atom is -0.465 e. The summed E-state index contributed by atoms with van der Waals surface area (Å²) in [5, 5.41) is 0.962. The second-order valence-corrected chi connectivity index (χ2v) is 7.24. The third-order valence-corrected chi connectivity index (χ3v) is 5.32. The number of methoxy groups -OCH3 is 2. The number of thiazole rings is 1. The summed E-state index contributed by atoms with van der Waals surface area (Å²) < 4.78 is 13.3. The van der Waals surface area contributed by atoms with E-state index in [0.29, 0.717) is 30.8 Å². The fourth-order valence-electron chi connectivity index (χ4n) is 2.98. The number of aromatic nitrogens is 3. The number of imidazole rings is 1. The molecular formula is C18H21N3O4S. The summed E-state index contributed by atoms with van der Waals surface area (Å²) >= 11 is 1.57. The maximum Gasteiger partial charge on any atom is 0.337 e. The Labute approximate surface area is 154 Å². The maximum absolute atomic E-state index is 13.0. The van der Waals surface area contributed by atoms with Gasteiger partial charge in [0.2, 0.25) is 0 Å². The molecule has 1 aromatic carbocycles. The third-order valence-electron chi connectivity index (χ3n) is 4.26. The number of benzene rings is 1. The van der Waals surface area contributed by atoms with Crippen molar-refractivity contribution < 1.29 is 14.3 Å². The van der Waals surface area contributed by atoms with E-state index >= 15 is 0 Å². The molecule has 2 heterocycles. The average molecular weight is 375 g/mol. The van der Waals surface area contributed by atoms with Crippen LogP contribution in [0.3, 0.4) is 0 Å². The Hall–Kier alpha value is -2.45. The number of carbonyl (C=O) groups excluding carboxylic acids is 1. The third kappa shape index (κ3) is 3.30. The lowest BCUT2D eigenvalue weighted by Gasteiger charge is -2.04. The number of rotatable bonds is 6. The Morgan fingerprint density at radius 2 is 1.96 bits per heavy atom. The van der Waals surface area contributed by atoms with Gasteiger partial charge in [0.25, 0.3) is 0 Å². The molecule has 0 amide bonds. The topological polar surface area (TPSA) is 75.4 Å². The van der Waals surface area contributed by atoms with Crippen molar-refractivity contribution in [3.63, 3.8) is 0 Å². The van der Waals surface area contributed by atoms with E-state index in [9.17, 15) is 9.59 Å². The van der Waals surface area contributed by atoms with Gasteiger partial charge in [-0.05, 0) is 32.0 Å². The Bertz CT molecular complexity index is 1020. The van der Waals surface area contributed by atoms with E-state index in [2.05, 4.69) is 4.98 Å². The summed E-state index contributed by atoms with van der Waals surface area (Å²) in [7, 11) is 2.94. The molecule has 0 atom stereocenters. The molecule has 138 valence electrons. The minimum absolute atomic E-state index is 0.135. The van der Waals surface area contributed by atoms with Crippen LogP contribution in [0.1, 0.15) is 25.9 Å². The van der Waals surface area contributed by atoms with Crippen LogP contribution in [0.25, 0.3) is 11.0 Å². The highest BCUT2D eigenvalue weighted by Crippen LogP contribution is 2.22. The first kappa shape index (κ1) is 18.3. The molecule has 8 heteroatoms. The van der Waals surface area contributed by atoms with Crippen molar-refractivity contribution in [2.24, 2.45) is 0 Å². The van der Waals surface area contributed by atoms with Gasteiger partial charge in [-0.3, -0.25) is 9.13 Å². The quantitative estimate of drug-likeness (QED) is 0.618. The van der Waals surface area contributed by atoms with Gasteiger partial charge in [-0.2, -0.15) is 0 Å². The molecule has 0 aliphatic carbocycles. The van der Waals surface area contributed by atoms with Gasteiger partial charge in [0.15, 0.2) is 0 Å². The van der Waals surface area contributed by atoms with Gasteiger partial charge in [0.05, 0.1) is 54.1 Å². The van der Waals surface area contributed by atoms with Crippen LogP contribution in [0.15, 0.2) is 23.0 Å². The molecule has 2 aromatic heterocycles. The Morgan fingerprint density at radius 3 is 2.58 bits per heavy atom. The van der Waals surface area contributed by atoms with E-state index in [1.807, 2.05) is 13.8 Å². The number of carbonyl (C=O) groups is 1. The van der Waals surface area contributed by atoms with Gasteiger partial charge in [0.1, 0.15) is 0 Å². The zero-order valence-corrected chi connectivity index (χ0v) is 16.1. The maximum atomic E-state index is 13.0. The molecule has 0 saturated heterocycles. The average Bonchev–Trinajstić information content (AvgIpc) is 3.08. The number of nitrogens with zero attached hydrogens (tertiary/aromatic N) is 3. The first-order valence-electron chi connectivity index (χ1n) is 8.19. The van der Waals surface area contributed by atoms with Crippen molar-refractivity contribution in [1.82, 2.24) is 14.1 Å². The Balaban J connectivity index is 2.17. The minimum atomic E-state index is -0.430. The summed E-state index contributed by atoms with van der Waals surface area (Å²) in [4.78, 5) is 30.4. The van der Waals surface area contributed by atoms with Gasteiger partial charge < -0.3 is 9.47 Å². The van der Waals surface area contributed by atoms with Gasteiger partial charge in [-0.1, -0.05) is 0 Å². The van der Waals surface area contributed by atoms with Crippen molar-refractivity contribution in [2.45, 2.75) is 26.9 Å². The largest absolute Gasteiger partial charge is 0.465 e. The first-order chi connectivity index (χ1) is 12.5. The SMILES string of the molecule is COCCn1c(=O)n(Cc2sc(C)nc2C)c2cc(C(=O)OC)ccc21. The Morgan fingerprint density at radius 1 is 1.19 bits per heavy atom. The summed E-state index contributed by atoms with van der Waals surface area (Å²) in [5.74, 6) is -0.430. The summed E-state index contributed by atoms with van der Waals surface area (Å²) in [6, 6.07) is 5.15. The number of aryl methyl sites for hydroxylation is 2. The van der Waals surface area contributed by atoms with Crippen LogP contribution in [0.2, 0.25) is 0 Å². The Kier molecular flexibility index (Phi) is 5.24. The van der Waals surface area contributed by atoms with Gasteiger partial charge in [-0.25, -0.2) is 14.6 Å². The molecule has 7 nitrogen and oxygen atoms in total. The summed E-state index contributed by atoms with van der Waals surface area (Å²) in [6.07, 6.45) is 0. The lowest BCUT2D eigenvalue weighted by Crippen LogP contribution is -2.26. The monoisotopic (exact) mass is 375 g/mol. The zero-order valence-electron chi connectivity index (χ0n) is 15.2. The predicted molar refractivity (Wildman–Crippen MR) is 100 cm³/mol. The fraction of sp³-hybridized carbons (Fsp3) is 0.389. The molecule has 3 rings (SSSR count). The van der Waals surface area contributed by atoms with E-state index in [0.717, 1.165) is 21.1 Å². The second kappa shape index (κ2) is 7.43. The fourth-order valence-corrected chi connectivity index (χ4v) is 3.91. The normalized spacial score (nSPS) is 11.2. The zero-order chi connectivity index (χ0) is 18.8. The lowest BCUT2D eigenvalue weighted by atomic mass is 10.2. The number of esters is 1. The van der Waals surface area contributed by atoms with Crippen LogP contribution in [0.4, 0.5) is 0 Å². The highest BCUT2D eigenvalue weighted by atomic mass is 32.1. The number of hydrogen-bond donors (Lipinski definition) is 0. The van der Waals surface area contributed by atoms with Crippen LogP contribution >= 0.6 is 11.3 Å². The van der Waals surface area contributed by atoms with Crippen LogP contribution in [-0.2, 0) is 22.6 Å². The molecule has 0 aliphatic heterocycles. The van der Waals surface area contributed by atoms with E-state index in [-0.39, 0.29) is 5.69 Å². The number of fused-ring (bicyclic) bond motifs is 1. The molecule has 0 fully saturated rings. The molecule has 0 unspecified atom stereocenters. The highest BCUT2D eigenvalue weighted by molar-refractivity contribution is 7.11. The summed E-state index contributed by atoms with van der Waals surface area (Å²) in [6.45, 7) is 5.17. The molecule has 0 radical (unpaired) electrons. The molecule has 0 bridgehead atoms. The highest BCUT2D eigenvalue weighted by Gasteiger charge is 2.17. The van der Waals surface area contributed by atoms with Gasteiger partial charge in [-0.15, -0.1) is 11.3 Å². The summed E-state index contributed by atoms with van der Waals surface area (Å²) in [5.41, 5.74) is 2.65. The van der Waals surface area contributed by atoms with Gasteiger partial charge in [0, 0.05) is 12.0 Å². The molecule has 0 spiro atoms. The lowest BCUT2D eigenvalue weighted by molar-refractivity contribution is 0.0601. The van der Waals surface area contributed by atoms with E-state index < -0.39 is 5.97 Å². The van der Waals surface area contributed by atoms with Crippen LogP contribution in [-0.4, -0.2) is 40.9 Å². The van der Waals surface area contributed by atoms with Crippen molar-refractivity contribution in [1.29, 1.82) is 0 Å². The first-order valence-corrected chi connectivity index (χ1v) is 9.01. The smallest absolute Gasteiger partial charge is 0.337 e. The van der Waals surface area contributed by atoms with Gasteiger partial charge >= 0.3 is 11.7 Å². The molecule has 3 aromatic rings. The molecule has 26 heavy (non-hydrogen) atoms. The molecule has 0 saturated carbocycles. The number of hydrogen-bond acceptors (Lipinski definition) is 6. The van der Waals surface area contributed by atoms with Crippen LogP contribution in [0.5, 0.6) is 0 Å². The predicted octanol–water partition coefficient (Wildman–Crippen LogP) is 2.36. The van der Waals surface area contributed by atoms with Crippen molar-refractivity contribution >= 4 is 28.3 Å². The molecule has 0 aliphatic rings. The molecule has 0 N–H and O–H groups in total. The van der Waals surface area contributed by atoms with Crippen molar-refractivity contribution in [3.05, 3.63) is 49.8 Å². The number of ether oxygens (including phenoxy) is 2. The van der Waals surface area contributed by atoms with E-state index in [1.54, 1.807) is 45.8 Å². The van der Waals surface area contributed by atoms with Crippen LogP contribution in [0, 0.1) is 13.8 Å². The molecular weight excluding hydrogens is 354 g/mol.